The highest BCUT2D eigenvalue weighted by Gasteiger charge is 2.51. The maximum Gasteiger partial charge on any atom is 0.230 e. The maximum absolute atomic E-state index is 12.3. The van der Waals surface area contributed by atoms with Gasteiger partial charge in [0.05, 0.1) is 5.41 Å². The smallest absolute Gasteiger partial charge is 0.230 e. The Morgan fingerprint density at radius 1 is 1.56 bits per heavy atom. The van der Waals surface area contributed by atoms with E-state index < -0.39 is 0 Å². The fourth-order valence-corrected chi connectivity index (χ4v) is 2.46. The fraction of sp³-hybridized carbons (Fsp3) is 0.500. The Morgan fingerprint density at radius 3 is 2.83 bits per heavy atom. The predicted octanol–water partition coefficient (Wildman–Crippen LogP) is 2.23. The lowest BCUT2D eigenvalue weighted by Gasteiger charge is -2.17. The number of carbonyl (C=O) groups excluding carboxylic acids is 1. The van der Waals surface area contributed by atoms with Gasteiger partial charge in [-0.05, 0) is 36.5 Å². The second-order valence-electron chi connectivity index (χ2n) is 5.09. The first-order valence-electron chi connectivity index (χ1n) is 6.24. The Balaban J connectivity index is 2.05. The number of amides is 1. The zero-order valence-corrected chi connectivity index (χ0v) is 12.0. The SMILES string of the molecule is CC(CO)CNC(=O)C1(c2cccc(Br)c2)CC1. The van der Waals surface area contributed by atoms with Crippen LogP contribution in [-0.4, -0.2) is 24.2 Å². The van der Waals surface area contributed by atoms with E-state index in [0.717, 1.165) is 22.9 Å². The molecule has 1 amide bonds. The van der Waals surface area contributed by atoms with Crippen molar-refractivity contribution in [1.82, 2.24) is 5.32 Å². The van der Waals surface area contributed by atoms with Crippen molar-refractivity contribution < 1.29 is 9.90 Å². The van der Waals surface area contributed by atoms with E-state index in [0.29, 0.717) is 6.54 Å². The van der Waals surface area contributed by atoms with Gasteiger partial charge >= 0.3 is 0 Å². The normalized spacial score (nSPS) is 18.2. The second-order valence-corrected chi connectivity index (χ2v) is 6.01. The first kappa shape index (κ1) is 13.6. The molecule has 2 rings (SSSR count). The molecule has 1 fully saturated rings. The molecule has 18 heavy (non-hydrogen) atoms. The van der Waals surface area contributed by atoms with Gasteiger partial charge in [0.2, 0.25) is 5.91 Å². The van der Waals surface area contributed by atoms with E-state index >= 15 is 0 Å². The van der Waals surface area contributed by atoms with Crippen LogP contribution in [0.5, 0.6) is 0 Å². The van der Waals surface area contributed by atoms with Crippen LogP contribution >= 0.6 is 15.9 Å². The van der Waals surface area contributed by atoms with Crippen molar-refractivity contribution in [2.24, 2.45) is 5.92 Å². The minimum atomic E-state index is -0.334. The maximum atomic E-state index is 12.3. The molecule has 98 valence electrons. The number of aliphatic hydroxyl groups is 1. The van der Waals surface area contributed by atoms with Gasteiger partial charge in [0.15, 0.2) is 0 Å². The molecule has 2 N–H and O–H groups in total. The van der Waals surface area contributed by atoms with Crippen molar-refractivity contribution in [1.29, 1.82) is 0 Å². The van der Waals surface area contributed by atoms with E-state index in [1.54, 1.807) is 0 Å². The Labute approximate surface area is 116 Å². The van der Waals surface area contributed by atoms with Gasteiger partial charge in [-0.25, -0.2) is 0 Å². The fourth-order valence-electron chi connectivity index (χ4n) is 2.06. The molecule has 0 spiro atoms. The highest BCUT2D eigenvalue weighted by atomic mass is 79.9. The van der Waals surface area contributed by atoms with E-state index in [2.05, 4.69) is 21.2 Å². The third-order valence-electron chi connectivity index (χ3n) is 3.48. The minimum absolute atomic E-state index is 0.0842. The standard InChI is InChI=1S/C14H18BrNO2/c1-10(9-17)8-16-13(18)14(5-6-14)11-3-2-4-12(15)7-11/h2-4,7,10,17H,5-6,8-9H2,1H3,(H,16,18). The third-order valence-corrected chi connectivity index (χ3v) is 3.98. The molecule has 1 aliphatic carbocycles. The molecular formula is C14H18BrNO2. The van der Waals surface area contributed by atoms with Gasteiger partial charge in [-0.1, -0.05) is 35.0 Å². The monoisotopic (exact) mass is 311 g/mol. The summed E-state index contributed by atoms with van der Waals surface area (Å²) in [7, 11) is 0. The summed E-state index contributed by atoms with van der Waals surface area (Å²) in [5.74, 6) is 0.188. The average Bonchev–Trinajstić information content (AvgIpc) is 3.17. The first-order chi connectivity index (χ1) is 8.58. The molecule has 1 saturated carbocycles. The molecule has 3 nitrogen and oxygen atoms in total. The summed E-state index contributed by atoms with van der Waals surface area (Å²) in [4.78, 5) is 12.3. The summed E-state index contributed by atoms with van der Waals surface area (Å²) in [6.07, 6.45) is 1.81. The lowest BCUT2D eigenvalue weighted by molar-refractivity contribution is -0.123. The number of rotatable bonds is 5. The molecule has 0 bridgehead atoms. The Hall–Kier alpha value is -0.870. The number of benzene rings is 1. The van der Waals surface area contributed by atoms with Crippen LogP contribution in [0.1, 0.15) is 25.3 Å². The Bertz CT molecular complexity index is 443. The molecule has 0 aliphatic heterocycles. The van der Waals surface area contributed by atoms with Crippen LogP contribution in [0.2, 0.25) is 0 Å². The molecule has 1 aromatic rings. The van der Waals surface area contributed by atoms with Gasteiger partial charge in [0.1, 0.15) is 0 Å². The van der Waals surface area contributed by atoms with Crippen LogP contribution in [0.3, 0.4) is 0 Å². The van der Waals surface area contributed by atoms with Crippen LogP contribution in [0.25, 0.3) is 0 Å². The number of halogens is 1. The molecule has 4 heteroatoms. The average molecular weight is 312 g/mol. The van der Waals surface area contributed by atoms with Gasteiger partial charge in [0, 0.05) is 17.6 Å². The summed E-state index contributed by atoms with van der Waals surface area (Å²) in [6, 6.07) is 7.95. The molecule has 0 heterocycles. The van der Waals surface area contributed by atoms with Gasteiger partial charge in [-0.3, -0.25) is 4.79 Å². The van der Waals surface area contributed by atoms with Crippen molar-refractivity contribution >= 4 is 21.8 Å². The quantitative estimate of drug-likeness (QED) is 0.876. The van der Waals surface area contributed by atoms with Gasteiger partial charge < -0.3 is 10.4 Å². The van der Waals surface area contributed by atoms with Gasteiger partial charge in [-0.2, -0.15) is 0 Å². The third kappa shape index (κ3) is 2.75. The van der Waals surface area contributed by atoms with Crippen LogP contribution in [0.15, 0.2) is 28.7 Å². The van der Waals surface area contributed by atoms with Crippen LogP contribution in [0.4, 0.5) is 0 Å². The highest BCUT2D eigenvalue weighted by molar-refractivity contribution is 9.10. The van der Waals surface area contributed by atoms with Crippen molar-refractivity contribution in [3.05, 3.63) is 34.3 Å². The summed E-state index contributed by atoms with van der Waals surface area (Å²) >= 11 is 3.44. The van der Waals surface area contributed by atoms with Crippen LogP contribution in [0, 0.1) is 5.92 Å². The molecule has 1 aliphatic rings. The number of nitrogens with one attached hydrogen (secondary N) is 1. The van der Waals surface area contributed by atoms with Crippen molar-refractivity contribution in [3.8, 4) is 0 Å². The topological polar surface area (TPSA) is 49.3 Å². The van der Waals surface area contributed by atoms with Crippen molar-refractivity contribution in [3.63, 3.8) is 0 Å². The second kappa shape index (κ2) is 5.41. The predicted molar refractivity (Wildman–Crippen MR) is 74.3 cm³/mol. The number of hydrogen-bond donors (Lipinski definition) is 2. The molecule has 1 unspecified atom stereocenters. The van der Waals surface area contributed by atoms with Crippen molar-refractivity contribution in [2.45, 2.75) is 25.2 Å². The molecule has 0 saturated heterocycles. The number of hydrogen-bond acceptors (Lipinski definition) is 2. The van der Waals surface area contributed by atoms with E-state index in [-0.39, 0.29) is 23.8 Å². The minimum Gasteiger partial charge on any atom is -0.396 e. The largest absolute Gasteiger partial charge is 0.396 e. The van der Waals surface area contributed by atoms with Crippen molar-refractivity contribution in [2.75, 3.05) is 13.2 Å². The first-order valence-corrected chi connectivity index (χ1v) is 7.03. The highest BCUT2D eigenvalue weighted by Crippen LogP contribution is 2.48. The molecule has 0 radical (unpaired) electrons. The van der Waals surface area contributed by atoms with E-state index in [4.69, 9.17) is 5.11 Å². The summed E-state index contributed by atoms with van der Waals surface area (Å²) in [5.41, 5.74) is 0.741. The zero-order chi connectivity index (χ0) is 13.2. The lowest BCUT2D eigenvalue weighted by atomic mass is 9.95. The summed E-state index contributed by atoms with van der Waals surface area (Å²) in [6.45, 7) is 2.55. The Morgan fingerprint density at radius 2 is 2.28 bits per heavy atom. The van der Waals surface area contributed by atoms with Crippen LogP contribution < -0.4 is 5.32 Å². The zero-order valence-electron chi connectivity index (χ0n) is 10.4. The summed E-state index contributed by atoms with van der Waals surface area (Å²) in [5, 5.41) is 11.9. The Kier molecular flexibility index (Phi) is 4.07. The van der Waals surface area contributed by atoms with Crippen LogP contribution in [-0.2, 0) is 10.2 Å². The summed E-state index contributed by atoms with van der Waals surface area (Å²) < 4.78 is 1.00. The molecule has 1 atom stereocenters. The molecule has 1 aromatic carbocycles. The number of aliphatic hydroxyl groups excluding tert-OH is 1. The lowest BCUT2D eigenvalue weighted by Crippen LogP contribution is -2.37. The molecular weight excluding hydrogens is 294 g/mol. The van der Waals surface area contributed by atoms with Gasteiger partial charge in [0.25, 0.3) is 0 Å². The van der Waals surface area contributed by atoms with E-state index in [1.807, 2.05) is 31.2 Å². The number of carbonyl (C=O) groups is 1. The van der Waals surface area contributed by atoms with E-state index in [1.165, 1.54) is 0 Å². The van der Waals surface area contributed by atoms with Gasteiger partial charge in [-0.15, -0.1) is 0 Å². The van der Waals surface area contributed by atoms with E-state index in [9.17, 15) is 4.79 Å². The molecule has 0 aromatic heterocycles.